The van der Waals surface area contributed by atoms with Gasteiger partial charge in [-0.05, 0) is 42.2 Å². The number of hydrogen-bond acceptors (Lipinski definition) is 9. The maximum atomic E-state index is 13.0. The third-order valence-electron chi connectivity index (χ3n) is 5.84. The van der Waals surface area contributed by atoms with E-state index in [1.165, 1.54) is 11.8 Å². The zero-order valence-electron chi connectivity index (χ0n) is 20.7. The Balaban J connectivity index is 1.57. The van der Waals surface area contributed by atoms with Gasteiger partial charge in [0.2, 0.25) is 0 Å². The van der Waals surface area contributed by atoms with Crippen LogP contribution in [0.1, 0.15) is 38.0 Å². The number of carbonyl (C=O) groups is 3. The van der Waals surface area contributed by atoms with Gasteiger partial charge in [-0.1, -0.05) is 61.5 Å². The molecule has 0 bridgehead atoms. The maximum absolute atomic E-state index is 13.0. The van der Waals surface area contributed by atoms with Crippen molar-refractivity contribution in [2.75, 3.05) is 12.4 Å². The summed E-state index contributed by atoms with van der Waals surface area (Å²) >= 11 is 1.32. The Morgan fingerprint density at radius 1 is 0.737 bits per heavy atom. The van der Waals surface area contributed by atoms with E-state index in [1.54, 1.807) is 91.0 Å². The van der Waals surface area contributed by atoms with Crippen LogP contribution >= 0.6 is 11.8 Å². The molecule has 1 aliphatic rings. The van der Waals surface area contributed by atoms with Crippen molar-refractivity contribution in [2.24, 2.45) is 0 Å². The molecule has 9 heteroatoms. The number of hydrogen-bond donors (Lipinski definition) is 1. The second-order valence-electron chi connectivity index (χ2n) is 8.43. The Hall–Kier alpha value is -3.66. The van der Waals surface area contributed by atoms with Gasteiger partial charge in [0.05, 0.1) is 16.7 Å². The van der Waals surface area contributed by atoms with Crippen LogP contribution in [0, 0.1) is 0 Å². The van der Waals surface area contributed by atoms with Gasteiger partial charge in [-0.15, -0.1) is 11.8 Å². The molecule has 198 valence electrons. The molecule has 0 spiro atoms. The first-order chi connectivity index (χ1) is 18.5. The molecule has 8 nitrogen and oxygen atoms in total. The predicted octanol–water partition coefficient (Wildman–Crippen LogP) is 4.13. The fourth-order valence-electron chi connectivity index (χ4n) is 3.93. The summed E-state index contributed by atoms with van der Waals surface area (Å²) in [5.41, 5.74) is 0.115. The van der Waals surface area contributed by atoms with Gasteiger partial charge in [-0.3, -0.25) is 0 Å². The normalized spacial score (nSPS) is 22.7. The summed E-state index contributed by atoms with van der Waals surface area (Å²) in [4.78, 5) is 38.4. The molecule has 4 rings (SSSR count). The quantitative estimate of drug-likeness (QED) is 0.319. The SMILES string of the molecule is CCS[C@@H]1OC(COC(=O)c2ccccc2)[C@@H](O)[C@H](OC(=O)c2ccccc2)C1OC(=O)c1ccccc1. The number of rotatable bonds is 9. The fraction of sp³-hybridized carbons (Fsp3) is 0.276. The Morgan fingerprint density at radius 2 is 1.18 bits per heavy atom. The second-order valence-corrected chi connectivity index (χ2v) is 9.80. The van der Waals surface area contributed by atoms with Crippen LogP contribution in [0.15, 0.2) is 91.0 Å². The van der Waals surface area contributed by atoms with Crippen LogP contribution in [-0.2, 0) is 18.9 Å². The average Bonchev–Trinajstić information content (AvgIpc) is 2.96. The highest BCUT2D eigenvalue weighted by Crippen LogP contribution is 2.33. The predicted molar refractivity (Wildman–Crippen MR) is 141 cm³/mol. The lowest BCUT2D eigenvalue weighted by atomic mass is 9.99. The molecule has 0 amide bonds. The van der Waals surface area contributed by atoms with E-state index < -0.39 is 47.8 Å². The first kappa shape index (κ1) is 27.4. The summed E-state index contributed by atoms with van der Waals surface area (Å²) in [6.07, 6.45) is -4.90. The number of benzene rings is 3. The van der Waals surface area contributed by atoms with Crippen molar-refractivity contribution in [3.8, 4) is 0 Å². The molecular weight excluding hydrogens is 508 g/mol. The number of ether oxygens (including phenoxy) is 4. The lowest BCUT2D eigenvalue weighted by Crippen LogP contribution is -2.60. The highest BCUT2D eigenvalue weighted by Gasteiger charge is 2.50. The van der Waals surface area contributed by atoms with Gasteiger partial charge in [-0.2, -0.15) is 0 Å². The maximum Gasteiger partial charge on any atom is 0.338 e. The van der Waals surface area contributed by atoms with Gasteiger partial charge in [0.15, 0.2) is 12.2 Å². The molecule has 1 heterocycles. The van der Waals surface area contributed by atoms with Crippen molar-refractivity contribution in [3.05, 3.63) is 108 Å². The largest absolute Gasteiger partial charge is 0.459 e. The lowest BCUT2D eigenvalue weighted by Gasteiger charge is -2.43. The summed E-state index contributed by atoms with van der Waals surface area (Å²) < 4.78 is 23.0. The zero-order chi connectivity index (χ0) is 26.9. The van der Waals surface area contributed by atoms with E-state index >= 15 is 0 Å². The summed E-state index contributed by atoms with van der Waals surface area (Å²) in [6, 6.07) is 25.1. The van der Waals surface area contributed by atoms with E-state index in [1.807, 2.05) is 6.92 Å². The van der Waals surface area contributed by atoms with Gasteiger partial charge >= 0.3 is 17.9 Å². The molecule has 5 atom stereocenters. The van der Waals surface area contributed by atoms with Crippen LogP contribution < -0.4 is 0 Å². The van der Waals surface area contributed by atoms with Crippen molar-refractivity contribution in [3.63, 3.8) is 0 Å². The minimum atomic E-state index is -1.45. The number of thioether (sulfide) groups is 1. The minimum absolute atomic E-state index is 0.270. The Labute approximate surface area is 224 Å². The molecule has 3 aromatic carbocycles. The van der Waals surface area contributed by atoms with Gasteiger partial charge in [0.1, 0.15) is 24.3 Å². The van der Waals surface area contributed by atoms with Crippen molar-refractivity contribution in [1.29, 1.82) is 0 Å². The molecule has 1 aliphatic heterocycles. The van der Waals surface area contributed by atoms with Gasteiger partial charge < -0.3 is 24.1 Å². The molecule has 0 saturated carbocycles. The van der Waals surface area contributed by atoms with Crippen molar-refractivity contribution in [2.45, 2.75) is 36.8 Å². The number of aliphatic hydroxyl groups excluding tert-OH is 1. The summed E-state index contributed by atoms with van der Waals surface area (Å²) in [6.45, 7) is 1.60. The first-order valence-corrected chi connectivity index (χ1v) is 13.2. The van der Waals surface area contributed by atoms with Crippen LogP contribution in [0.2, 0.25) is 0 Å². The minimum Gasteiger partial charge on any atom is -0.459 e. The first-order valence-electron chi connectivity index (χ1n) is 12.2. The summed E-state index contributed by atoms with van der Waals surface area (Å²) in [5.74, 6) is -1.35. The Morgan fingerprint density at radius 3 is 1.66 bits per heavy atom. The summed E-state index contributed by atoms with van der Waals surface area (Å²) in [5, 5.41) is 11.3. The number of carbonyl (C=O) groups excluding carboxylic acids is 3. The monoisotopic (exact) mass is 536 g/mol. The molecular formula is C29H28O8S. The van der Waals surface area contributed by atoms with E-state index in [2.05, 4.69) is 0 Å². The molecule has 38 heavy (non-hydrogen) atoms. The molecule has 0 aromatic heterocycles. The highest BCUT2D eigenvalue weighted by molar-refractivity contribution is 7.99. The zero-order valence-corrected chi connectivity index (χ0v) is 21.5. The van der Waals surface area contributed by atoms with Crippen LogP contribution in [0.25, 0.3) is 0 Å². The van der Waals surface area contributed by atoms with Crippen LogP contribution in [0.5, 0.6) is 0 Å². The molecule has 1 N–H and O–H groups in total. The number of esters is 3. The topological polar surface area (TPSA) is 108 Å². The second kappa shape index (κ2) is 13.2. The van der Waals surface area contributed by atoms with E-state index in [9.17, 15) is 19.5 Å². The van der Waals surface area contributed by atoms with E-state index in [0.29, 0.717) is 16.9 Å². The van der Waals surface area contributed by atoms with Gasteiger partial charge in [0.25, 0.3) is 0 Å². The summed E-state index contributed by atoms with van der Waals surface area (Å²) in [7, 11) is 0. The molecule has 0 radical (unpaired) electrons. The van der Waals surface area contributed by atoms with Crippen LogP contribution in [0.3, 0.4) is 0 Å². The van der Waals surface area contributed by atoms with Crippen LogP contribution in [0.4, 0.5) is 0 Å². The van der Waals surface area contributed by atoms with E-state index in [4.69, 9.17) is 18.9 Å². The molecule has 3 aromatic rings. The van der Waals surface area contributed by atoms with Crippen LogP contribution in [-0.4, -0.2) is 65.2 Å². The lowest BCUT2D eigenvalue weighted by molar-refractivity contribution is -0.206. The highest BCUT2D eigenvalue weighted by atomic mass is 32.2. The third kappa shape index (κ3) is 6.80. The van der Waals surface area contributed by atoms with Gasteiger partial charge in [-0.25, -0.2) is 14.4 Å². The standard InChI is InChI=1S/C29H28O8S/c1-2-38-29-25(37-28(33)21-16-10-5-11-17-21)24(36-27(32)20-14-8-4-9-15-20)23(30)22(35-29)18-34-26(31)19-12-6-3-7-13-19/h3-17,22-25,29-30H,2,18H2,1H3/t22?,23-,24+,25?,29+/m1/s1. The molecule has 0 aliphatic carbocycles. The van der Waals surface area contributed by atoms with Gasteiger partial charge in [0, 0.05) is 0 Å². The molecule has 2 unspecified atom stereocenters. The Bertz CT molecular complexity index is 1210. The molecule has 1 saturated heterocycles. The Kier molecular flexibility index (Phi) is 9.53. The van der Waals surface area contributed by atoms with E-state index in [0.717, 1.165) is 0 Å². The van der Waals surface area contributed by atoms with Crippen molar-refractivity contribution >= 4 is 29.7 Å². The third-order valence-corrected chi connectivity index (χ3v) is 6.88. The average molecular weight is 537 g/mol. The van der Waals surface area contributed by atoms with E-state index in [-0.39, 0.29) is 12.2 Å². The number of aliphatic hydroxyl groups is 1. The molecule has 1 fully saturated rings. The smallest absolute Gasteiger partial charge is 0.338 e. The van der Waals surface area contributed by atoms with Crippen molar-refractivity contribution < 1.29 is 38.4 Å². The van der Waals surface area contributed by atoms with Crippen molar-refractivity contribution in [1.82, 2.24) is 0 Å². The fourth-order valence-corrected chi connectivity index (χ4v) is 4.88.